The number of carbonyl (C=O) groups excluding carboxylic acids is 2. The molecule has 7 heteroatoms. The monoisotopic (exact) mass is 401 g/mol. The van der Waals surface area contributed by atoms with Gasteiger partial charge in [0.1, 0.15) is 5.00 Å². The molecule has 2 aromatic heterocycles. The van der Waals surface area contributed by atoms with Crippen molar-refractivity contribution in [2.75, 3.05) is 5.32 Å². The molecule has 2 aromatic rings. The molecule has 0 saturated carbocycles. The first-order valence-electron chi connectivity index (χ1n) is 8.88. The van der Waals surface area contributed by atoms with Crippen LogP contribution in [0.5, 0.6) is 0 Å². The predicted octanol–water partition coefficient (Wildman–Crippen LogP) is 5.22. The summed E-state index contributed by atoms with van der Waals surface area (Å²) in [6.45, 7) is 8.01. The fraction of sp³-hybridized carbons (Fsp3) is 0.350. The van der Waals surface area contributed by atoms with Gasteiger partial charge in [-0.05, 0) is 55.5 Å². The first-order valence-corrected chi connectivity index (χ1v) is 10.6. The fourth-order valence-corrected chi connectivity index (χ4v) is 4.94. The van der Waals surface area contributed by atoms with Crippen molar-refractivity contribution in [2.45, 2.75) is 46.6 Å². The summed E-state index contributed by atoms with van der Waals surface area (Å²) >= 11 is 3.21. The summed E-state index contributed by atoms with van der Waals surface area (Å²) in [4.78, 5) is 25.7. The van der Waals surface area contributed by atoms with Gasteiger partial charge in [-0.3, -0.25) is 9.59 Å². The van der Waals surface area contributed by atoms with Crippen molar-refractivity contribution in [3.63, 3.8) is 0 Å². The Morgan fingerprint density at radius 2 is 2.11 bits per heavy atom. The molecule has 0 spiro atoms. The number of hydrazone groups is 1. The van der Waals surface area contributed by atoms with E-state index in [1.165, 1.54) is 16.2 Å². The number of aryl methyl sites for hydroxylation is 1. The van der Waals surface area contributed by atoms with Crippen LogP contribution in [0, 0.1) is 6.92 Å². The summed E-state index contributed by atoms with van der Waals surface area (Å²) in [7, 11) is 0. The molecule has 1 N–H and O–H groups in total. The highest BCUT2D eigenvalue weighted by molar-refractivity contribution is 7.14. The van der Waals surface area contributed by atoms with Gasteiger partial charge in [0.05, 0.1) is 11.8 Å². The maximum absolute atomic E-state index is 12.5. The summed E-state index contributed by atoms with van der Waals surface area (Å²) in [6.07, 6.45) is 1.83. The molecule has 0 fully saturated rings. The zero-order valence-electron chi connectivity index (χ0n) is 15.9. The molecule has 5 nitrogen and oxygen atoms in total. The molecule has 1 unspecified atom stereocenters. The molecule has 1 aliphatic rings. The second-order valence-electron chi connectivity index (χ2n) is 6.48. The number of nitrogens with zero attached hydrogens (tertiary/aromatic N) is 2. The number of hydrogen-bond acceptors (Lipinski definition) is 5. The molecule has 2 amide bonds. The Labute approximate surface area is 167 Å². The van der Waals surface area contributed by atoms with Gasteiger partial charge in [0.2, 0.25) is 12.3 Å². The largest absolute Gasteiger partial charge is 0.320 e. The van der Waals surface area contributed by atoms with Gasteiger partial charge in [-0.25, -0.2) is 5.01 Å². The first kappa shape index (κ1) is 19.5. The second-order valence-corrected chi connectivity index (χ2v) is 8.72. The van der Waals surface area contributed by atoms with Gasteiger partial charge in [0.15, 0.2) is 0 Å². The quantitative estimate of drug-likeness (QED) is 0.675. The van der Waals surface area contributed by atoms with Crippen molar-refractivity contribution in [3.05, 3.63) is 44.5 Å². The summed E-state index contributed by atoms with van der Waals surface area (Å²) in [5, 5.41) is 11.9. The molecule has 142 valence electrons. The third-order valence-corrected chi connectivity index (χ3v) is 6.76. The highest BCUT2D eigenvalue weighted by Crippen LogP contribution is 2.38. The number of anilines is 1. The summed E-state index contributed by atoms with van der Waals surface area (Å²) < 4.78 is 0. The average molecular weight is 402 g/mol. The molecule has 0 aliphatic carbocycles. The lowest BCUT2D eigenvalue weighted by molar-refractivity contribution is -0.132. The zero-order valence-corrected chi connectivity index (χ0v) is 17.5. The van der Waals surface area contributed by atoms with Crippen molar-refractivity contribution in [2.24, 2.45) is 5.10 Å². The number of nitrogens with one attached hydrogen (secondary N) is 1. The van der Waals surface area contributed by atoms with Crippen LogP contribution < -0.4 is 5.32 Å². The molecule has 3 heterocycles. The Morgan fingerprint density at radius 1 is 1.33 bits per heavy atom. The minimum atomic E-state index is -0.0380. The van der Waals surface area contributed by atoms with E-state index in [1.807, 2.05) is 32.2 Å². The van der Waals surface area contributed by atoms with Crippen LogP contribution >= 0.6 is 22.7 Å². The Balaban J connectivity index is 1.96. The average Bonchev–Trinajstić information content (AvgIpc) is 3.39. The van der Waals surface area contributed by atoms with Crippen molar-refractivity contribution in [1.29, 1.82) is 0 Å². The molecule has 0 saturated heterocycles. The van der Waals surface area contributed by atoms with E-state index in [4.69, 9.17) is 5.10 Å². The lowest BCUT2D eigenvalue weighted by atomic mass is 9.97. The van der Waals surface area contributed by atoms with Gasteiger partial charge in [-0.2, -0.15) is 5.10 Å². The van der Waals surface area contributed by atoms with Crippen LogP contribution in [0.15, 0.2) is 34.3 Å². The van der Waals surface area contributed by atoms with Gasteiger partial charge in [-0.15, -0.1) is 22.7 Å². The second kappa shape index (κ2) is 8.19. The zero-order chi connectivity index (χ0) is 19.6. The predicted molar refractivity (Wildman–Crippen MR) is 113 cm³/mol. The molecular weight excluding hydrogens is 378 g/mol. The highest BCUT2D eigenvalue weighted by Gasteiger charge is 2.33. The molecule has 1 aliphatic heterocycles. The van der Waals surface area contributed by atoms with Crippen molar-refractivity contribution >= 4 is 51.3 Å². The Hall–Kier alpha value is -2.25. The van der Waals surface area contributed by atoms with Crippen LogP contribution in [0.2, 0.25) is 0 Å². The lowest BCUT2D eigenvalue weighted by Crippen LogP contribution is -2.25. The summed E-state index contributed by atoms with van der Waals surface area (Å²) in [6, 6.07) is 6.14. The Kier molecular flexibility index (Phi) is 5.92. The topological polar surface area (TPSA) is 61.8 Å². The van der Waals surface area contributed by atoms with E-state index < -0.39 is 0 Å². The van der Waals surface area contributed by atoms with Crippen LogP contribution in [0.3, 0.4) is 0 Å². The minimum absolute atomic E-state index is 0.0327. The molecule has 0 bridgehead atoms. The number of carbonyl (C=O) groups is 2. The molecule has 0 aromatic carbocycles. The lowest BCUT2D eigenvalue weighted by Gasteiger charge is -2.19. The van der Waals surface area contributed by atoms with Gasteiger partial charge in [-0.1, -0.05) is 6.92 Å². The van der Waals surface area contributed by atoms with E-state index in [2.05, 4.69) is 24.4 Å². The number of allylic oxidation sites excluding steroid dienone is 2. The Bertz CT molecular complexity index is 923. The third kappa shape index (κ3) is 3.89. The normalized spacial score (nSPS) is 17.6. The maximum Gasteiger partial charge on any atom is 0.243 e. The molecule has 1 atom stereocenters. The maximum atomic E-state index is 12.5. The van der Waals surface area contributed by atoms with Crippen LogP contribution in [0.25, 0.3) is 5.57 Å². The Morgan fingerprint density at radius 3 is 2.74 bits per heavy atom. The number of hydrogen-bond donors (Lipinski definition) is 1. The van der Waals surface area contributed by atoms with Gasteiger partial charge in [0, 0.05) is 28.2 Å². The standard InChI is InChI=1S/C20H23N3O2S2/c1-5-19(25)23-17(18-7-6-12(2)27-18)10-16(22-23)14(4)13(3)15-8-9-26-20(15)21-11-24/h6-9,11,17H,5,10H2,1-4H3,(H,21,24)/b14-13+. The highest BCUT2D eigenvalue weighted by atomic mass is 32.1. The van der Waals surface area contributed by atoms with E-state index in [0.717, 1.165) is 32.3 Å². The van der Waals surface area contributed by atoms with Gasteiger partial charge in [0.25, 0.3) is 0 Å². The third-order valence-electron chi connectivity index (χ3n) is 4.81. The minimum Gasteiger partial charge on any atom is -0.320 e. The SMILES string of the molecule is CCC(=O)N1N=C(/C(C)=C(\C)c2ccsc2NC=O)CC1c1ccc(C)s1. The van der Waals surface area contributed by atoms with Gasteiger partial charge >= 0.3 is 0 Å². The van der Waals surface area contributed by atoms with E-state index in [-0.39, 0.29) is 11.9 Å². The van der Waals surface area contributed by atoms with Crippen molar-refractivity contribution < 1.29 is 9.59 Å². The van der Waals surface area contributed by atoms with E-state index >= 15 is 0 Å². The van der Waals surface area contributed by atoms with Crippen LogP contribution in [0.1, 0.15) is 55.0 Å². The molecule has 27 heavy (non-hydrogen) atoms. The first-order chi connectivity index (χ1) is 13.0. The van der Waals surface area contributed by atoms with Crippen molar-refractivity contribution in [1.82, 2.24) is 5.01 Å². The van der Waals surface area contributed by atoms with E-state index in [0.29, 0.717) is 19.3 Å². The van der Waals surface area contributed by atoms with Gasteiger partial charge < -0.3 is 5.32 Å². The van der Waals surface area contributed by atoms with E-state index in [9.17, 15) is 9.59 Å². The number of amides is 2. The van der Waals surface area contributed by atoms with Crippen molar-refractivity contribution in [3.8, 4) is 0 Å². The number of thiophene rings is 2. The van der Waals surface area contributed by atoms with Crippen LogP contribution in [0.4, 0.5) is 5.00 Å². The van der Waals surface area contributed by atoms with Crippen LogP contribution in [-0.2, 0) is 9.59 Å². The number of rotatable bonds is 6. The fourth-order valence-electron chi connectivity index (χ4n) is 3.17. The van der Waals surface area contributed by atoms with Crippen LogP contribution in [-0.4, -0.2) is 23.0 Å². The summed E-state index contributed by atoms with van der Waals surface area (Å²) in [5.74, 6) is 0.0327. The smallest absolute Gasteiger partial charge is 0.243 e. The van der Waals surface area contributed by atoms with E-state index in [1.54, 1.807) is 16.3 Å². The molecular formula is C20H23N3O2S2. The molecule has 3 rings (SSSR count). The molecule has 0 radical (unpaired) electrons. The summed E-state index contributed by atoms with van der Waals surface area (Å²) in [5.41, 5.74) is 4.03.